The van der Waals surface area contributed by atoms with Crippen LogP contribution in [0.3, 0.4) is 0 Å². The molecule has 2 heteroatoms. The highest BCUT2D eigenvalue weighted by atomic mass is 16.3. The molecule has 0 atom stereocenters. The highest BCUT2D eigenvalue weighted by Gasteiger charge is 1.97. The van der Waals surface area contributed by atoms with Gasteiger partial charge in [0, 0.05) is 18.0 Å². The van der Waals surface area contributed by atoms with Crippen LogP contribution in [0.1, 0.15) is 11.1 Å². The molecule has 0 saturated carbocycles. The van der Waals surface area contributed by atoms with Gasteiger partial charge in [-0.1, -0.05) is 6.58 Å². The van der Waals surface area contributed by atoms with Gasteiger partial charge >= 0.3 is 0 Å². The molecule has 0 radical (unpaired) electrons. The first-order valence-corrected chi connectivity index (χ1v) is 3.00. The van der Waals surface area contributed by atoms with E-state index in [1.165, 1.54) is 0 Å². The van der Waals surface area contributed by atoms with Gasteiger partial charge in [-0.15, -0.1) is 0 Å². The van der Waals surface area contributed by atoms with Crippen LogP contribution in [0.5, 0.6) is 0 Å². The Balaban J connectivity index is 3.15. The molecule has 52 valence electrons. The van der Waals surface area contributed by atoms with Gasteiger partial charge in [0.05, 0.1) is 0 Å². The summed E-state index contributed by atoms with van der Waals surface area (Å²) in [5.74, 6) is 0.0746. The van der Waals surface area contributed by atoms with E-state index >= 15 is 0 Å². The Hall–Kier alpha value is -1.31. The van der Waals surface area contributed by atoms with E-state index in [4.69, 9.17) is 5.11 Å². The third kappa shape index (κ3) is 1.16. The zero-order chi connectivity index (χ0) is 7.56. The standard InChI is InChI=1S/C8H9NO/c1-6-3-4-9-5-8(6)7(2)10/h3-5,10H,2H2,1H3. The summed E-state index contributed by atoms with van der Waals surface area (Å²) >= 11 is 0. The normalized spacial score (nSPS) is 9.30. The molecule has 0 aliphatic carbocycles. The lowest BCUT2D eigenvalue weighted by atomic mass is 10.1. The number of aryl methyl sites for hydroxylation is 1. The lowest BCUT2D eigenvalue weighted by Gasteiger charge is -1.99. The molecule has 0 unspecified atom stereocenters. The minimum atomic E-state index is 0.0746. The second kappa shape index (κ2) is 2.52. The Labute approximate surface area is 59.9 Å². The summed E-state index contributed by atoms with van der Waals surface area (Å²) in [4.78, 5) is 3.85. The van der Waals surface area contributed by atoms with Gasteiger partial charge in [-0.2, -0.15) is 0 Å². The van der Waals surface area contributed by atoms with E-state index in [0.717, 1.165) is 5.56 Å². The molecule has 10 heavy (non-hydrogen) atoms. The first kappa shape index (κ1) is 6.81. The number of hydrogen-bond acceptors (Lipinski definition) is 2. The topological polar surface area (TPSA) is 33.1 Å². The van der Waals surface area contributed by atoms with Crippen molar-refractivity contribution in [3.05, 3.63) is 36.2 Å². The fourth-order valence-electron chi connectivity index (χ4n) is 0.766. The van der Waals surface area contributed by atoms with Gasteiger partial charge in [0.1, 0.15) is 5.76 Å². The number of hydrogen-bond donors (Lipinski definition) is 1. The summed E-state index contributed by atoms with van der Waals surface area (Å²) in [5.41, 5.74) is 1.70. The van der Waals surface area contributed by atoms with Gasteiger partial charge in [-0.3, -0.25) is 4.98 Å². The maximum absolute atomic E-state index is 8.97. The Morgan fingerprint density at radius 2 is 2.40 bits per heavy atom. The van der Waals surface area contributed by atoms with Crippen LogP contribution in [-0.4, -0.2) is 10.1 Å². The molecule has 1 aromatic rings. The van der Waals surface area contributed by atoms with E-state index in [1.54, 1.807) is 12.4 Å². The quantitative estimate of drug-likeness (QED) is 0.597. The number of pyridine rings is 1. The van der Waals surface area contributed by atoms with Gasteiger partial charge in [-0.25, -0.2) is 0 Å². The predicted molar refractivity (Wildman–Crippen MR) is 40.6 cm³/mol. The molecule has 0 aliphatic heterocycles. The number of rotatable bonds is 1. The Morgan fingerprint density at radius 1 is 1.70 bits per heavy atom. The van der Waals surface area contributed by atoms with Crippen molar-refractivity contribution in [2.24, 2.45) is 0 Å². The van der Waals surface area contributed by atoms with Gasteiger partial charge in [0.2, 0.25) is 0 Å². The summed E-state index contributed by atoms with van der Waals surface area (Å²) in [6, 6.07) is 1.83. The minimum Gasteiger partial charge on any atom is -0.508 e. The van der Waals surface area contributed by atoms with Crippen molar-refractivity contribution in [1.29, 1.82) is 0 Å². The van der Waals surface area contributed by atoms with E-state index in [-0.39, 0.29) is 5.76 Å². The molecule has 0 saturated heterocycles. The molecule has 0 bridgehead atoms. The molecule has 0 amide bonds. The molecular weight excluding hydrogens is 126 g/mol. The van der Waals surface area contributed by atoms with Gasteiger partial charge < -0.3 is 5.11 Å². The summed E-state index contributed by atoms with van der Waals surface area (Å²) in [6.07, 6.45) is 3.28. The molecule has 1 N–H and O–H groups in total. The number of aromatic nitrogens is 1. The molecule has 1 aromatic heterocycles. The molecular formula is C8H9NO. The van der Waals surface area contributed by atoms with Crippen LogP contribution in [0.15, 0.2) is 25.0 Å². The molecule has 0 aromatic carbocycles. The minimum absolute atomic E-state index is 0.0746. The van der Waals surface area contributed by atoms with E-state index in [2.05, 4.69) is 11.6 Å². The lowest BCUT2D eigenvalue weighted by Crippen LogP contribution is -1.86. The smallest absolute Gasteiger partial charge is 0.117 e. The largest absolute Gasteiger partial charge is 0.508 e. The van der Waals surface area contributed by atoms with E-state index in [9.17, 15) is 0 Å². The van der Waals surface area contributed by atoms with Crippen molar-refractivity contribution in [2.45, 2.75) is 6.92 Å². The van der Waals surface area contributed by atoms with Crippen LogP contribution in [0.2, 0.25) is 0 Å². The van der Waals surface area contributed by atoms with Gasteiger partial charge in [-0.05, 0) is 18.6 Å². The predicted octanol–water partition coefficient (Wildman–Crippen LogP) is 1.92. The van der Waals surface area contributed by atoms with E-state index in [0.29, 0.717) is 5.56 Å². The highest BCUT2D eigenvalue weighted by molar-refractivity contribution is 5.57. The van der Waals surface area contributed by atoms with Crippen molar-refractivity contribution in [2.75, 3.05) is 0 Å². The maximum atomic E-state index is 8.97. The van der Waals surface area contributed by atoms with E-state index < -0.39 is 0 Å². The summed E-state index contributed by atoms with van der Waals surface area (Å²) in [7, 11) is 0. The van der Waals surface area contributed by atoms with Crippen LogP contribution < -0.4 is 0 Å². The van der Waals surface area contributed by atoms with Crippen molar-refractivity contribution in [3.63, 3.8) is 0 Å². The van der Waals surface area contributed by atoms with Gasteiger partial charge in [0.15, 0.2) is 0 Å². The summed E-state index contributed by atoms with van der Waals surface area (Å²) in [5, 5.41) is 8.97. The zero-order valence-electron chi connectivity index (χ0n) is 5.83. The fraction of sp³-hybridized carbons (Fsp3) is 0.125. The third-order valence-electron chi connectivity index (χ3n) is 1.35. The maximum Gasteiger partial charge on any atom is 0.117 e. The van der Waals surface area contributed by atoms with Gasteiger partial charge in [0.25, 0.3) is 0 Å². The third-order valence-corrected chi connectivity index (χ3v) is 1.35. The average molecular weight is 135 g/mol. The molecule has 0 aliphatic rings. The SMILES string of the molecule is C=C(O)c1cnccc1C. The first-order chi connectivity index (χ1) is 4.72. The number of aliphatic hydroxyl groups is 1. The summed E-state index contributed by atoms with van der Waals surface area (Å²) < 4.78 is 0. The second-order valence-electron chi connectivity index (χ2n) is 2.14. The molecule has 0 fully saturated rings. The van der Waals surface area contributed by atoms with Crippen molar-refractivity contribution in [3.8, 4) is 0 Å². The van der Waals surface area contributed by atoms with Crippen LogP contribution in [-0.2, 0) is 0 Å². The average Bonchev–Trinajstić information content (AvgIpc) is 1.88. The zero-order valence-corrected chi connectivity index (χ0v) is 5.83. The fourth-order valence-corrected chi connectivity index (χ4v) is 0.766. The molecule has 1 rings (SSSR count). The number of nitrogens with zero attached hydrogens (tertiary/aromatic N) is 1. The van der Waals surface area contributed by atoms with Crippen LogP contribution >= 0.6 is 0 Å². The Bertz CT molecular complexity index is 255. The van der Waals surface area contributed by atoms with Crippen molar-refractivity contribution >= 4 is 5.76 Å². The summed E-state index contributed by atoms with van der Waals surface area (Å²) in [6.45, 7) is 5.30. The Morgan fingerprint density at radius 3 is 2.80 bits per heavy atom. The van der Waals surface area contributed by atoms with Crippen LogP contribution in [0.4, 0.5) is 0 Å². The lowest BCUT2D eigenvalue weighted by molar-refractivity contribution is 0.513. The van der Waals surface area contributed by atoms with Crippen molar-refractivity contribution < 1.29 is 5.11 Å². The highest BCUT2D eigenvalue weighted by Crippen LogP contribution is 2.11. The van der Waals surface area contributed by atoms with Crippen LogP contribution in [0, 0.1) is 6.92 Å². The molecule has 0 spiro atoms. The van der Waals surface area contributed by atoms with Crippen molar-refractivity contribution in [1.82, 2.24) is 4.98 Å². The monoisotopic (exact) mass is 135 g/mol. The first-order valence-electron chi connectivity index (χ1n) is 3.00. The molecule has 1 heterocycles. The molecule has 2 nitrogen and oxygen atoms in total. The number of aliphatic hydroxyl groups excluding tert-OH is 1. The Kier molecular flexibility index (Phi) is 1.71. The second-order valence-corrected chi connectivity index (χ2v) is 2.14. The van der Waals surface area contributed by atoms with E-state index in [1.807, 2.05) is 13.0 Å². The van der Waals surface area contributed by atoms with Crippen LogP contribution in [0.25, 0.3) is 5.76 Å².